The Kier molecular flexibility index (Phi) is 6.04. The van der Waals surface area contributed by atoms with Crippen LogP contribution in [-0.4, -0.2) is 32.8 Å². The van der Waals surface area contributed by atoms with Crippen molar-refractivity contribution < 1.29 is 13.2 Å². The highest BCUT2D eigenvalue weighted by Gasteiger charge is 2.18. The molecule has 112 valence electrons. The first-order valence-electron chi connectivity index (χ1n) is 6.15. The Bertz CT molecular complexity index is 604. The summed E-state index contributed by atoms with van der Waals surface area (Å²) in [5, 5.41) is 0. The first-order chi connectivity index (χ1) is 9.15. The molecule has 0 saturated carbocycles. The van der Waals surface area contributed by atoms with E-state index < -0.39 is 9.05 Å². The van der Waals surface area contributed by atoms with E-state index in [1.54, 1.807) is 18.0 Å². The lowest BCUT2D eigenvalue weighted by Gasteiger charge is -2.21. The molecule has 0 heterocycles. The van der Waals surface area contributed by atoms with E-state index in [1.807, 2.05) is 0 Å². The van der Waals surface area contributed by atoms with Crippen molar-refractivity contribution in [3.05, 3.63) is 28.2 Å². The van der Waals surface area contributed by atoms with E-state index in [1.165, 1.54) is 12.1 Å². The van der Waals surface area contributed by atoms with Crippen LogP contribution in [0.15, 0.2) is 27.6 Å². The molecule has 20 heavy (non-hydrogen) atoms. The van der Waals surface area contributed by atoms with E-state index in [0.29, 0.717) is 22.5 Å². The van der Waals surface area contributed by atoms with Crippen molar-refractivity contribution >= 4 is 41.6 Å². The minimum absolute atomic E-state index is 0.0890. The molecule has 0 aromatic heterocycles. The number of nitrogens with zero attached hydrogens (tertiary/aromatic N) is 1. The Hall–Kier alpha value is -0.590. The zero-order valence-corrected chi connectivity index (χ0v) is 14.7. The molecule has 1 aromatic rings. The molecule has 1 unspecified atom stereocenters. The van der Waals surface area contributed by atoms with E-state index in [9.17, 15) is 13.2 Å². The monoisotopic (exact) mass is 381 g/mol. The number of benzene rings is 1. The molecular formula is C13H17BrClNO3S. The van der Waals surface area contributed by atoms with Crippen LogP contribution in [0.25, 0.3) is 0 Å². The summed E-state index contributed by atoms with van der Waals surface area (Å²) >= 11 is 3.19. The summed E-state index contributed by atoms with van der Waals surface area (Å²) < 4.78 is 23.2. The SMILES string of the molecule is CCC(C)CN(C)C(=O)c1cc(Br)cc(S(=O)(=O)Cl)c1. The fourth-order valence-electron chi connectivity index (χ4n) is 1.73. The fourth-order valence-corrected chi connectivity index (χ4v) is 3.17. The Morgan fingerprint density at radius 1 is 1.40 bits per heavy atom. The molecule has 0 radical (unpaired) electrons. The summed E-state index contributed by atoms with van der Waals surface area (Å²) in [6, 6.07) is 4.25. The number of rotatable bonds is 5. The topological polar surface area (TPSA) is 54.5 Å². The van der Waals surface area contributed by atoms with Crippen molar-refractivity contribution in [2.24, 2.45) is 5.92 Å². The van der Waals surface area contributed by atoms with Crippen LogP contribution in [0, 0.1) is 5.92 Å². The molecule has 7 heteroatoms. The van der Waals surface area contributed by atoms with Gasteiger partial charge in [0.25, 0.3) is 15.0 Å². The molecule has 1 rings (SSSR count). The van der Waals surface area contributed by atoms with Crippen molar-refractivity contribution in [1.29, 1.82) is 0 Å². The number of carbonyl (C=O) groups is 1. The van der Waals surface area contributed by atoms with Gasteiger partial charge < -0.3 is 4.90 Å². The van der Waals surface area contributed by atoms with E-state index >= 15 is 0 Å². The third-order valence-electron chi connectivity index (χ3n) is 3.03. The largest absolute Gasteiger partial charge is 0.341 e. The lowest BCUT2D eigenvalue weighted by molar-refractivity contribution is 0.0774. The maximum atomic E-state index is 12.3. The second-order valence-corrected chi connectivity index (χ2v) is 8.29. The van der Waals surface area contributed by atoms with E-state index in [0.717, 1.165) is 6.42 Å². The average Bonchev–Trinajstić information content (AvgIpc) is 2.35. The van der Waals surface area contributed by atoms with Gasteiger partial charge in [-0.1, -0.05) is 36.2 Å². The maximum Gasteiger partial charge on any atom is 0.261 e. The predicted molar refractivity (Wildman–Crippen MR) is 83.6 cm³/mol. The second-order valence-electron chi connectivity index (χ2n) is 4.81. The minimum atomic E-state index is -3.86. The molecule has 0 aliphatic rings. The molecule has 0 aliphatic heterocycles. The van der Waals surface area contributed by atoms with E-state index in [4.69, 9.17) is 10.7 Å². The van der Waals surface area contributed by atoms with Gasteiger partial charge in [0.1, 0.15) is 0 Å². The lowest BCUT2D eigenvalue weighted by Crippen LogP contribution is -2.31. The quantitative estimate of drug-likeness (QED) is 0.732. The molecule has 4 nitrogen and oxygen atoms in total. The van der Waals surface area contributed by atoms with Crippen molar-refractivity contribution in [3.63, 3.8) is 0 Å². The van der Waals surface area contributed by atoms with Crippen molar-refractivity contribution in [1.82, 2.24) is 4.90 Å². The second kappa shape index (κ2) is 6.91. The first-order valence-corrected chi connectivity index (χ1v) is 9.26. The van der Waals surface area contributed by atoms with E-state index in [-0.39, 0.29) is 10.8 Å². The number of amides is 1. The van der Waals surface area contributed by atoms with Gasteiger partial charge in [0.05, 0.1) is 4.90 Å². The molecule has 0 fully saturated rings. The number of halogens is 2. The van der Waals surface area contributed by atoms with Gasteiger partial charge in [0.15, 0.2) is 0 Å². The van der Waals surface area contributed by atoms with Gasteiger partial charge in [-0.25, -0.2) is 8.42 Å². The lowest BCUT2D eigenvalue weighted by atomic mass is 10.1. The number of hydrogen-bond acceptors (Lipinski definition) is 3. The first kappa shape index (κ1) is 17.5. The highest BCUT2D eigenvalue weighted by Crippen LogP contribution is 2.23. The van der Waals surface area contributed by atoms with Gasteiger partial charge in [0.2, 0.25) is 0 Å². The van der Waals surface area contributed by atoms with Gasteiger partial charge in [-0.05, 0) is 24.1 Å². The Morgan fingerprint density at radius 3 is 2.50 bits per heavy atom. The molecule has 1 aromatic carbocycles. The summed E-state index contributed by atoms with van der Waals surface area (Å²) in [5.74, 6) is 0.153. The van der Waals surface area contributed by atoms with Crippen molar-refractivity contribution in [3.8, 4) is 0 Å². The highest BCUT2D eigenvalue weighted by molar-refractivity contribution is 9.10. The zero-order chi connectivity index (χ0) is 15.5. The third kappa shape index (κ3) is 4.75. The van der Waals surface area contributed by atoms with Crippen molar-refractivity contribution in [2.75, 3.05) is 13.6 Å². The van der Waals surface area contributed by atoms with Gasteiger partial charge in [-0.3, -0.25) is 4.79 Å². The van der Waals surface area contributed by atoms with Crippen molar-refractivity contribution in [2.45, 2.75) is 25.2 Å². The molecule has 0 aliphatic carbocycles. The normalized spacial score (nSPS) is 13.1. The zero-order valence-electron chi connectivity index (χ0n) is 11.6. The summed E-state index contributed by atoms with van der Waals surface area (Å²) in [7, 11) is 3.16. The Labute approximate surface area is 132 Å². The Morgan fingerprint density at radius 2 is 2.00 bits per heavy atom. The molecule has 1 atom stereocenters. The summed E-state index contributed by atoms with van der Waals surface area (Å²) in [5.41, 5.74) is 0.296. The van der Waals surface area contributed by atoms with E-state index in [2.05, 4.69) is 29.8 Å². The standard InChI is InChI=1S/C13H17BrClNO3S/c1-4-9(2)8-16(3)13(17)10-5-11(14)7-12(6-10)20(15,18)19/h5-7,9H,4,8H2,1-3H3. The third-order valence-corrected chi connectivity index (χ3v) is 4.82. The summed E-state index contributed by atoms with van der Waals surface area (Å²) in [6.45, 7) is 4.73. The van der Waals surface area contributed by atoms with Crippen LogP contribution in [-0.2, 0) is 9.05 Å². The predicted octanol–water partition coefficient (Wildman–Crippen LogP) is 3.49. The fraction of sp³-hybridized carbons (Fsp3) is 0.462. The Balaban J connectivity index is 3.08. The number of carbonyl (C=O) groups excluding carboxylic acids is 1. The molecule has 0 N–H and O–H groups in total. The minimum Gasteiger partial charge on any atom is -0.341 e. The van der Waals surface area contributed by atoms with Gasteiger partial charge in [-0.15, -0.1) is 0 Å². The molecule has 0 bridgehead atoms. The molecule has 0 saturated heterocycles. The van der Waals surface area contributed by atoms with Crippen LogP contribution in [0.4, 0.5) is 0 Å². The highest BCUT2D eigenvalue weighted by atomic mass is 79.9. The van der Waals surface area contributed by atoms with Crippen LogP contribution < -0.4 is 0 Å². The van der Waals surface area contributed by atoms with Crippen LogP contribution >= 0.6 is 26.6 Å². The average molecular weight is 383 g/mol. The molecular weight excluding hydrogens is 366 g/mol. The number of hydrogen-bond donors (Lipinski definition) is 0. The maximum absolute atomic E-state index is 12.3. The van der Waals surface area contributed by atoms with Crippen LogP contribution in [0.5, 0.6) is 0 Å². The molecule has 1 amide bonds. The van der Waals surface area contributed by atoms with Gasteiger partial charge in [0, 0.05) is 34.3 Å². The summed E-state index contributed by atoms with van der Waals surface area (Å²) in [6.07, 6.45) is 0.970. The molecule has 0 spiro atoms. The van der Waals surface area contributed by atoms with Crippen LogP contribution in [0.3, 0.4) is 0 Å². The smallest absolute Gasteiger partial charge is 0.261 e. The van der Waals surface area contributed by atoms with Crippen LogP contribution in [0.2, 0.25) is 0 Å². The van der Waals surface area contributed by atoms with Gasteiger partial charge in [-0.2, -0.15) is 0 Å². The van der Waals surface area contributed by atoms with Crippen LogP contribution in [0.1, 0.15) is 30.6 Å². The van der Waals surface area contributed by atoms with Gasteiger partial charge >= 0.3 is 0 Å². The summed E-state index contributed by atoms with van der Waals surface area (Å²) in [4.78, 5) is 13.8.